The number of unbranched alkanes of at least 4 members (excludes halogenated alkanes) is 5. The number of nitrogens with two attached hydrogens (primary N) is 2. The summed E-state index contributed by atoms with van der Waals surface area (Å²) < 4.78 is 0. The quantitative estimate of drug-likeness (QED) is 0.517. The molecule has 0 aromatic rings. The van der Waals surface area contributed by atoms with Gasteiger partial charge in [-0.2, -0.15) is 0 Å². The minimum Gasteiger partial charge on any atom is -0.329 e. The molecule has 0 fully saturated rings. The first-order chi connectivity index (χ1) is 7.33. The highest BCUT2D eigenvalue weighted by molar-refractivity contribution is 4.45. The van der Waals surface area contributed by atoms with Crippen LogP contribution in [0, 0.1) is 0 Å². The number of nitrogens with one attached hydrogen (secondary N) is 1. The second-order valence-corrected chi connectivity index (χ2v) is 3.74. The topological polar surface area (TPSA) is 64.1 Å². The molecule has 0 aliphatic rings. The predicted molar refractivity (Wildman–Crippen MR) is 70.0 cm³/mol. The zero-order valence-corrected chi connectivity index (χ0v) is 10.7. The standard InChI is InChI=1S/C8H18.C4H13N3/c1-3-5-7-8-6-4-2;5-1-3-7-4-2-6/h3-8H2,1-2H3;7H,1-6H2. The Hall–Kier alpha value is -0.120. The van der Waals surface area contributed by atoms with Crippen molar-refractivity contribution >= 4 is 0 Å². The van der Waals surface area contributed by atoms with Crippen molar-refractivity contribution in [3.8, 4) is 0 Å². The van der Waals surface area contributed by atoms with Gasteiger partial charge in [-0.15, -0.1) is 0 Å². The molecule has 5 N–H and O–H groups in total. The summed E-state index contributed by atoms with van der Waals surface area (Å²) in [7, 11) is 0. The summed E-state index contributed by atoms with van der Waals surface area (Å²) in [4.78, 5) is 0. The molecule has 0 aromatic carbocycles. The highest BCUT2D eigenvalue weighted by Gasteiger charge is 1.83. The number of hydrogen-bond donors (Lipinski definition) is 3. The molecule has 0 saturated heterocycles. The van der Waals surface area contributed by atoms with Crippen molar-refractivity contribution in [2.24, 2.45) is 11.5 Å². The first-order valence-electron chi connectivity index (χ1n) is 6.44. The Balaban J connectivity index is 0. The summed E-state index contributed by atoms with van der Waals surface area (Å²) in [5.74, 6) is 0. The first-order valence-corrected chi connectivity index (χ1v) is 6.44. The van der Waals surface area contributed by atoms with E-state index in [1.807, 2.05) is 0 Å². The number of rotatable bonds is 9. The van der Waals surface area contributed by atoms with Crippen LogP contribution in [0.2, 0.25) is 0 Å². The van der Waals surface area contributed by atoms with E-state index in [4.69, 9.17) is 11.5 Å². The van der Waals surface area contributed by atoms with Crippen LogP contribution in [-0.4, -0.2) is 26.2 Å². The normalized spacial score (nSPS) is 9.60. The van der Waals surface area contributed by atoms with Crippen LogP contribution in [0.15, 0.2) is 0 Å². The molecule has 0 aliphatic heterocycles. The molecule has 0 atom stereocenters. The monoisotopic (exact) mass is 217 g/mol. The van der Waals surface area contributed by atoms with E-state index in [9.17, 15) is 0 Å². The van der Waals surface area contributed by atoms with Gasteiger partial charge in [0.2, 0.25) is 0 Å². The van der Waals surface area contributed by atoms with Crippen LogP contribution in [0.4, 0.5) is 0 Å². The van der Waals surface area contributed by atoms with Crippen molar-refractivity contribution in [3.63, 3.8) is 0 Å². The third kappa shape index (κ3) is 24.8. The molecule has 3 heteroatoms. The Kier molecular flexibility index (Phi) is 22.4. The van der Waals surface area contributed by atoms with E-state index >= 15 is 0 Å². The maximum Gasteiger partial charge on any atom is 0.00750 e. The van der Waals surface area contributed by atoms with Crippen molar-refractivity contribution in [2.45, 2.75) is 52.4 Å². The van der Waals surface area contributed by atoms with Crippen LogP contribution < -0.4 is 16.8 Å². The van der Waals surface area contributed by atoms with Crippen molar-refractivity contribution in [1.29, 1.82) is 0 Å². The molecule has 0 bridgehead atoms. The molecule has 0 aliphatic carbocycles. The molecule has 0 amide bonds. The molecular formula is C12H31N3. The zero-order valence-electron chi connectivity index (χ0n) is 10.7. The average Bonchev–Trinajstić information content (AvgIpc) is 2.26. The zero-order chi connectivity index (χ0) is 11.8. The fourth-order valence-corrected chi connectivity index (χ4v) is 1.18. The molecule has 0 aromatic heterocycles. The molecule has 0 heterocycles. The first kappa shape index (κ1) is 17.3. The summed E-state index contributed by atoms with van der Waals surface area (Å²) in [6, 6.07) is 0. The van der Waals surface area contributed by atoms with Crippen LogP contribution in [0.25, 0.3) is 0 Å². The smallest absolute Gasteiger partial charge is 0.00750 e. The van der Waals surface area contributed by atoms with Gasteiger partial charge in [0.15, 0.2) is 0 Å². The lowest BCUT2D eigenvalue weighted by Gasteiger charge is -1.95. The van der Waals surface area contributed by atoms with Gasteiger partial charge in [0, 0.05) is 26.2 Å². The van der Waals surface area contributed by atoms with Crippen molar-refractivity contribution in [1.82, 2.24) is 5.32 Å². The highest BCUT2D eigenvalue weighted by atomic mass is 14.9. The molecule has 0 saturated carbocycles. The van der Waals surface area contributed by atoms with Gasteiger partial charge in [-0.1, -0.05) is 52.4 Å². The summed E-state index contributed by atoms with van der Waals surface area (Å²) in [6.45, 7) is 7.65. The van der Waals surface area contributed by atoms with E-state index in [1.54, 1.807) is 0 Å². The third-order valence-corrected chi connectivity index (χ3v) is 2.10. The van der Waals surface area contributed by atoms with Crippen LogP contribution >= 0.6 is 0 Å². The number of hydrogen-bond acceptors (Lipinski definition) is 3. The Bertz CT molecular complexity index is 76.9. The van der Waals surface area contributed by atoms with Gasteiger partial charge in [-0.05, 0) is 0 Å². The molecule has 0 spiro atoms. The third-order valence-electron chi connectivity index (χ3n) is 2.10. The lowest BCUT2D eigenvalue weighted by Crippen LogP contribution is -2.27. The van der Waals surface area contributed by atoms with Gasteiger partial charge in [-0.3, -0.25) is 0 Å². The van der Waals surface area contributed by atoms with Crippen LogP contribution in [0.3, 0.4) is 0 Å². The molecular weight excluding hydrogens is 186 g/mol. The van der Waals surface area contributed by atoms with Gasteiger partial charge in [0.05, 0.1) is 0 Å². The summed E-state index contributed by atoms with van der Waals surface area (Å²) in [6.07, 6.45) is 8.49. The van der Waals surface area contributed by atoms with Crippen molar-refractivity contribution < 1.29 is 0 Å². The van der Waals surface area contributed by atoms with Crippen molar-refractivity contribution in [3.05, 3.63) is 0 Å². The van der Waals surface area contributed by atoms with E-state index in [0.717, 1.165) is 13.1 Å². The lowest BCUT2D eigenvalue weighted by molar-refractivity contribution is 0.624. The van der Waals surface area contributed by atoms with E-state index in [1.165, 1.54) is 38.5 Å². The average molecular weight is 217 g/mol. The Morgan fingerprint density at radius 1 is 0.733 bits per heavy atom. The minimum atomic E-state index is 0.694. The van der Waals surface area contributed by atoms with Gasteiger partial charge in [-0.25, -0.2) is 0 Å². The summed E-state index contributed by atoms with van der Waals surface area (Å²) >= 11 is 0. The minimum absolute atomic E-state index is 0.694. The fourth-order valence-electron chi connectivity index (χ4n) is 1.18. The van der Waals surface area contributed by atoms with Gasteiger partial charge in [0.1, 0.15) is 0 Å². The lowest BCUT2D eigenvalue weighted by atomic mass is 10.1. The van der Waals surface area contributed by atoms with E-state index in [0.29, 0.717) is 13.1 Å². The molecule has 0 rings (SSSR count). The maximum atomic E-state index is 5.17. The van der Waals surface area contributed by atoms with E-state index in [-0.39, 0.29) is 0 Å². The molecule has 94 valence electrons. The SMILES string of the molecule is CCCCCCCC.NCCNCCN. The molecule has 3 nitrogen and oxygen atoms in total. The van der Waals surface area contributed by atoms with Crippen LogP contribution in [0.5, 0.6) is 0 Å². The molecule has 0 unspecified atom stereocenters. The van der Waals surface area contributed by atoms with E-state index < -0.39 is 0 Å². The maximum absolute atomic E-state index is 5.17. The largest absolute Gasteiger partial charge is 0.329 e. The Morgan fingerprint density at radius 3 is 1.40 bits per heavy atom. The van der Waals surface area contributed by atoms with Gasteiger partial charge >= 0.3 is 0 Å². The second kappa shape index (κ2) is 19.5. The van der Waals surface area contributed by atoms with Crippen LogP contribution in [0.1, 0.15) is 52.4 Å². The fraction of sp³-hybridized carbons (Fsp3) is 1.00. The summed E-state index contributed by atoms with van der Waals surface area (Å²) in [5, 5.41) is 3.03. The van der Waals surface area contributed by atoms with Gasteiger partial charge < -0.3 is 16.8 Å². The predicted octanol–water partition coefficient (Wildman–Crippen LogP) is 1.86. The van der Waals surface area contributed by atoms with Crippen LogP contribution in [-0.2, 0) is 0 Å². The Morgan fingerprint density at radius 2 is 1.13 bits per heavy atom. The van der Waals surface area contributed by atoms with Crippen molar-refractivity contribution in [2.75, 3.05) is 26.2 Å². The Labute approximate surface area is 96.0 Å². The second-order valence-electron chi connectivity index (χ2n) is 3.74. The highest BCUT2D eigenvalue weighted by Crippen LogP contribution is 2.03. The molecule has 15 heavy (non-hydrogen) atoms. The van der Waals surface area contributed by atoms with Gasteiger partial charge in [0.25, 0.3) is 0 Å². The molecule has 0 radical (unpaired) electrons. The van der Waals surface area contributed by atoms with E-state index in [2.05, 4.69) is 19.2 Å². The summed E-state index contributed by atoms with van der Waals surface area (Å²) in [5.41, 5.74) is 10.3.